The van der Waals surface area contributed by atoms with E-state index in [1.165, 1.54) is 16.9 Å². The number of amides is 2. The highest BCUT2D eigenvalue weighted by Crippen LogP contribution is 2.26. The number of aliphatic hydroxyl groups excluding tert-OH is 1. The van der Waals surface area contributed by atoms with E-state index < -0.39 is 30.3 Å². The Morgan fingerprint density at radius 1 is 1.15 bits per heavy atom. The number of benzene rings is 1. The lowest BCUT2D eigenvalue weighted by molar-refractivity contribution is -0.152. The van der Waals surface area contributed by atoms with Gasteiger partial charge >= 0.3 is 12.1 Å². The van der Waals surface area contributed by atoms with Gasteiger partial charge in [0.15, 0.2) is 0 Å². The molecular weight excluding hydrogens is 352 g/mol. The van der Waals surface area contributed by atoms with Crippen molar-refractivity contribution in [3.05, 3.63) is 35.9 Å². The molecule has 0 saturated carbocycles. The van der Waals surface area contributed by atoms with Crippen LogP contribution in [0.1, 0.15) is 24.8 Å². The van der Waals surface area contributed by atoms with Gasteiger partial charge in [0.1, 0.15) is 18.7 Å². The van der Waals surface area contributed by atoms with Crippen molar-refractivity contribution < 1.29 is 29.0 Å². The van der Waals surface area contributed by atoms with Gasteiger partial charge < -0.3 is 19.5 Å². The molecule has 2 fully saturated rings. The van der Waals surface area contributed by atoms with Crippen LogP contribution in [0.3, 0.4) is 0 Å². The molecule has 27 heavy (non-hydrogen) atoms. The third-order valence-corrected chi connectivity index (χ3v) is 5.01. The van der Waals surface area contributed by atoms with Crippen LogP contribution in [-0.2, 0) is 25.7 Å². The van der Waals surface area contributed by atoms with Gasteiger partial charge in [-0.2, -0.15) is 0 Å². The maximum Gasteiger partial charge on any atom is 0.410 e. The Morgan fingerprint density at radius 3 is 2.59 bits per heavy atom. The Hall–Kier alpha value is -2.61. The number of carbonyl (C=O) groups excluding carboxylic acids is 3. The summed E-state index contributed by atoms with van der Waals surface area (Å²) in [6, 6.07) is 7.79. The maximum atomic E-state index is 13.0. The lowest BCUT2D eigenvalue weighted by Gasteiger charge is -2.29. The molecule has 8 nitrogen and oxygen atoms in total. The summed E-state index contributed by atoms with van der Waals surface area (Å²) in [6.45, 7) is 0.607. The fourth-order valence-corrected chi connectivity index (χ4v) is 3.65. The first-order valence-electron chi connectivity index (χ1n) is 9.05. The summed E-state index contributed by atoms with van der Waals surface area (Å²) >= 11 is 0. The molecule has 1 aromatic carbocycles. The third kappa shape index (κ3) is 4.21. The van der Waals surface area contributed by atoms with Crippen molar-refractivity contribution in [1.82, 2.24) is 9.80 Å². The Balaban J connectivity index is 1.65. The van der Waals surface area contributed by atoms with Gasteiger partial charge in [0.2, 0.25) is 5.91 Å². The van der Waals surface area contributed by atoms with Crippen molar-refractivity contribution in [3.8, 4) is 0 Å². The molecule has 2 heterocycles. The van der Waals surface area contributed by atoms with Crippen LogP contribution in [0.2, 0.25) is 0 Å². The molecule has 8 heteroatoms. The molecule has 2 aliphatic rings. The molecule has 1 N–H and O–H groups in total. The Morgan fingerprint density at radius 2 is 1.89 bits per heavy atom. The topological polar surface area (TPSA) is 96.4 Å². The van der Waals surface area contributed by atoms with E-state index in [2.05, 4.69) is 0 Å². The van der Waals surface area contributed by atoms with E-state index in [1.54, 1.807) is 0 Å². The molecule has 2 saturated heterocycles. The molecule has 2 amide bonds. The van der Waals surface area contributed by atoms with Gasteiger partial charge in [0.25, 0.3) is 0 Å². The predicted octanol–water partition coefficient (Wildman–Crippen LogP) is 0.922. The first-order chi connectivity index (χ1) is 13.0. The fourth-order valence-electron chi connectivity index (χ4n) is 3.65. The number of β-amino-alcohol motifs (C(OH)–C–C–N with tert-alkyl or cyclic N) is 1. The van der Waals surface area contributed by atoms with Gasteiger partial charge in [-0.15, -0.1) is 0 Å². The summed E-state index contributed by atoms with van der Waals surface area (Å²) < 4.78 is 10.1. The molecule has 2 aliphatic heterocycles. The Kier molecular flexibility index (Phi) is 5.95. The molecule has 1 aromatic rings. The predicted molar refractivity (Wildman–Crippen MR) is 94.5 cm³/mol. The highest BCUT2D eigenvalue weighted by Gasteiger charge is 2.45. The van der Waals surface area contributed by atoms with E-state index in [9.17, 15) is 19.5 Å². The van der Waals surface area contributed by atoms with Crippen LogP contribution in [-0.4, -0.2) is 71.3 Å². The zero-order chi connectivity index (χ0) is 19.4. The zero-order valence-electron chi connectivity index (χ0n) is 15.2. The quantitative estimate of drug-likeness (QED) is 0.785. The van der Waals surface area contributed by atoms with Crippen LogP contribution in [0, 0.1) is 0 Å². The Bertz CT molecular complexity index is 695. The van der Waals surface area contributed by atoms with Crippen LogP contribution >= 0.6 is 0 Å². The summed E-state index contributed by atoms with van der Waals surface area (Å²) in [7, 11) is 1.25. The first kappa shape index (κ1) is 19.2. The number of carbonyl (C=O) groups is 3. The van der Waals surface area contributed by atoms with Crippen molar-refractivity contribution in [2.45, 2.75) is 44.1 Å². The number of rotatable bonds is 4. The van der Waals surface area contributed by atoms with Gasteiger partial charge in [-0.05, 0) is 18.4 Å². The van der Waals surface area contributed by atoms with Gasteiger partial charge in [0.05, 0.1) is 13.2 Å². The van der Waals surface area contributed by atoms with Crippen LogP contribution in [0.4, 0.5) is 4.79 Å². The van der Waals surface area contributed by atoms with E-state index in [1.807, 2.05) is 30.3 Å². The lowest BCUT2D eigenvalue weighted by atomic mass is 10.1. The average Bonchev–Trinajstić information content (AvgIpc) is 3.32. The number of methoxy groups -OCH3 is 1. The minimum absolute atomic E-state index is 0.0575. The second kappa shape index (κ2) is 8.39. The van der Waals surface area contributed by atoms with Crippen LogP contribution in [0.15, 0.2) is 30.3 Å². The average molecular weight is 376 g/mol. The van der Waals surface area contributed by atoms with Crippen LogP contribution in [0.5, 0.6) is 0 Å². The SMILES string of the molecule is COC(=O)C1CC(O)CN1C(=O)C1CCCN1C(=O)OCc1ccccc1. The van der Waals surface area contributed by atoms with E-state index in [4.69, 9.17) is 9.47 Å². The third-order valence-electron chi connectivity index (χ3n) is 5.01. The summed E-state index contributed by atoms with van der Waals surface area (Å²) in [4.78, 5) is 40.1. The van der Waals surface area contributed by atoms with Crippen LogP contribution < -0.4 is 0 Å². The number of nitrogens with zero attached hydrogens (tertiary/aromatic N) is 2. The number of ether oxygens (including phenoxy) is 2. The number of aliphatic hydroxyl groups is 1. The smallest absolute Gasteiger partial charge is 0.410 e. The summed E-state index contributed by atoms with van der Waals surface area (Å²) in [5.41, 5.74) is 0.862. The van der Waals surface area contributed by atoms with Gasteiger partial charge in [-0.3, -0.25) is 9.69 Å². The van der Waals surface area contributed by atoms with E-state index >= 15 is 0 Å². The number of hydrogen-bond donors (Lipinski definition) is 1. The van der Waals surface area contributed by atoms with Crippen molar-refractivity contribution in [2.24, 2.45) is 0 Å². The van der Waals surface area contributed by atoms with E-state index in [-0.39, 0.29) is 25.5 Å². The minimum atomic E-state index is -0.819. The van der Waals surface area contributed by atoms with Crippen molar-refractivity contribution in [3.63, 3.8) is 0 Å². The Labute approximate surface area is 157 Å². The monoisotopic (exact) mass is 376 g/mol. The molecule has 0 bridgehead atoms. The first-order valence-corrected chi connectivity index (χ1v) is 9.05. The number of esters is 1. The molecule has 3 rings (SSSR count). The molecular formula is C19H24N2O6. The van der Waals surface area contributed by atoms with Crippen molar-refractivity contribution in [2.75, 3.05) is 20.2 Å². The van der Waals surface area contributed by atoms with Crippen molar-refractivity contribution >= 4 is 18.0 Å². The fraction of sp³-hybridized carbons (Fsp3) is 0.526. The molecule has 0 aromatic heterocycles. The second-order valence-electron chi connectivity index (χ2n) is 6.81. The van der Waals surface area contributed by atoms with E-state index in [0.717, 1.165) is 5.56 Å². The second-order valence-corrected chi connectivity index (χ2v) is 6.81. The van der Waals surface area contributed by atoms with Crippen molar-refractivity contribution in [1.29, 1.82) is 0 Å². The summed E-state index contributed by atoms with van der Waals surface area (Å²) in [5, 5.41) is 9.88. The van der Waals surface area contributed by atoms with Crippen LogP contribution in [0.25, 0.3) is 0 Å². The summed E-state index contributed by atoms with van der Waals surface area (Å²) in [6.07, 6.45) is -0.0126. The van der Waals surface area contributed by atoms with Gasteiger partial charge in [-0.25, -0.2) is 9.59 Å². The normalized spacial score (nSPS) is 24.7. The molecule has 3 unspecified atom stereocenters. The highest BCUT2D eigenvalue weighted by molar-refractivity contribution is 5.90. The molecule has 0 spiro atoms. The number of hydrogen-bond acceptors (Lipinski definition) is 6. The summed E-state index contributed by atoms with van der Waals surface area (Å²) in [5.74, 6) is -0.910. The lowest BCUT2D eigenvalue weighted by Crippen LogP contribution is -2.51. The minimum Gasteiger partial charge on any atom is -0.467 e. The molecule has 0 aliphatic carbocycles. The highest BCUT2D eigenvalue weighted by atomic mass is 16.6. The molecule has 3 atom stereocenters. The largest absolute Gasteiger partial charge is 0.467 e. The number of likely N-dealkylation sites (tertiary alicyclic amines) is 2. The maximum absolute atomic E-state index is 13.0. The van der Waals surface area contributed by atoms with Gasteiger partial charge in [-0.1, -0.05) is 30.3 Å². The zero-order valence-corrected chi connectivity index (χ0v) is 15.2. The standard InChI is InChI=1S/C19H24N2O6/c1-26-18(24)16-10-14(22)11-21(16)17(23)15-8-5-9-20(15)19(25)27-12-13-6-3-2-4-7-13/h2-4,6-7,14-16,22H,5,8-12H2,1H3. The van der Waals surface area contributed by atoms with Gasteiger partial charge in [0, 0.05) is 19.5 Å². The molecule has 0 radical (unpaired) electrons. The molecule has 146 valence electrons. The van der Waals surface area contributed by atoms with E-state index in [0.29, 0.717) is 19.4 Å².